The summed E-state index contributed by atoms with van der Waals surface area (Å²) < 4.78 is 1.26. The van der Waals surface area contributed by atoms with E-state index in [1.807, 2.05) is 5.43 Å². The summed E-state index contributed by atoms with van der Waals surface area (Å²) in [5.41, 5.74) is 1.89. The maximum atomic E-state index is 10.7. The molecular formula is C5H7N5O3. The van der Waals surface area contributed by atoms with Gasteiger partial charge in [0, 0.05) is 0 Å². The monoisotopic (exact) mass is 185 g/mol. The van der Waals surface area contributed by atoms with Crippen molar-refractivity contribution >= 4 is 11.7 Å². The number of carbonyl (C=O) groups is 1. The number of nitro groups is 1. The first-order valence-corrected chi connectivity index (χ1v) is 3.29. The highest BCUT2D eigenvalue weighted by molar-refractivity contribution is 5.74. The van der Waals surface area contributed by atoms with Crippen molar-refractivity contribution in [3.8, 4) is 0 Å². The lowest BCUT2D eigenvalue weighted by molar-refractivity contribution is -0.389. The molecule has 0 aliphatic carbocycles. The molecule has 1 rings (SSSR count). The summed E-state index contributed by atoms with van der Waals surface area (Å²) >= 11 is 0. The van der Waals surface area contributed by atoms with E-state index < -0.39 is 10.8 Å². The Morgan fingerprint density at radius 3 is 3.00 bits per heavy atom. The normalized spacial score (nSPS) is 9.62. The molecule has 8 nitrogen and oxygen atoms in total. The van der Waals surface area contributed by atoms with Crippen LogP contribution in [0.4, 0.5) is 5.82 Å². The Bertz CT molecular complexity index is 333. The molecule has 0 aromatic carbocycles. The third kappa shape index (κ3) is 2.24. The highest BCUT2D eigenvalue weighted by Gasteiger charge is 2.10. The van der Waals surface area contributed by atoms with Gasteiger partial charge in [0.15, 0.2) is 0 Å². The van der Waals surface area contributed by atoms with E-state index in [-0.39, 0.29) is 12.4 Å². The molecule has 0 unspecified atom stereocenters. The van der Waals surface area contributed by atoms with E-state index >= 15 is 0 Å². The molecular weight excluding hydrogens is 178 g/mol. The Morgan fingerprint density at radius 1 is 1.85 bits per heavy atom. The van der Waals surface area contributed by atoms with Crippen LogP contribution in [0.25, 0.3) is 0 Å². The van der Waals surface area contributed by atoms with Crippen LogP contribution >= 0.6 is 0 Å². The lowest BCUT2D eigenvalue weighted by Crippen LogP contribution is -2.32. The summed E-state index contributed by atoms with van der Waals surface area (Å²) in [5, 5.41) is 10.2. The van der Waals surface area contributed by atoms with Gasteiger partial charge in [-0.25, -0.2) is 5.84 Å². The van der Waals surface area contributed by atoms with Gasteiger partial charge in [-0.3, -0.25) is 10.2 Å². The van der Waals surface area contributed by atoms with E-state index in [1.54, 1.807) is 0 Å². The molecule has 0 saturated carbocycles. The first-order chi connectivity index (χ1) is 6.13. The Morgan fingerprint density at radius 2 is 2.54 bits per heavy atom. The number of carbonyl (C=O) groups excluding carboxylic acids is 1. The van der Waals surface area contributed by atoms with Gasteiger partial charge in [0.1, 0.15) is 12.7 Å². The van der Waals surface area contributed by atoms with Crippen molar-refractivity contribution < 1.29 is 9.72 Å². The molecule has 0 aliphatic rings. The van der Waals surface area contributed by atoms with Crippen LogP contribution in [0, 0.1) is 10.1 Å². The van der Waals surface area contributed by atoms with Gasteiger partial charge in [0.05, 0.1) is 0 Å². The molecule has 0 bridgehead atoms. The summed E-state index contributed by atoms with van der Waals surface area (Å²) in [6.45, 7) is -0.0860. The number of nitrogens with two attached hydrogens (primary N) is 1. The van der Waals surface area contributed by atoms with Crippen LogP contribution in [0.2, 0.25) is 0 Å². The summed E-state index contributed by atoms with van der Waals surface area (Å²) in [7, 11) is 0. The lowest BCUT2D eigenvalue weighted by atomic mass is 10.6. The average molecular weight is 185 g/mol. The Hall–Kier alpha value is -1.96. The minimum absolute atomic E-state index is 0.0860. The minimum atomic E-state index is -0.642. The molecule has 0 fully saturated rings. The number of rotatable bonds is 3. The van der Waals surface area contributed by atoms with E-state index in [9.17, 15) is 14.9 Å². The molecule has 1 aromatic rings. The largest absolute Gasteiger partial charge is 0.381 e. The molecule has 1 aromatic heterocycles. The van der Waals surface area contributed by atoms with Crippen molar-refractivity contribution in [2.75, 3.05) is 0 Å². The zero-order chi connectivity index (χ0) is 9.84. The van der Waals surface area contributed by atoms with Gasteiger partial charge in [0.2, 0.25) is 6.33 Å². The number of amides is 1. The second-order valence-corrected chi connectivity index (χ2v) is 2.23. The number of hydrogen-bond donors (Lipinski definition) is 2. The molecule has 13 heavy (non-hydrogen) atoms. The third-order valence-electron chi connectivity index (χ3n) is 1.29. The Labute approximate surface area is 72.5 Å². The van der Waals surface area contributed by atoms with Crippen LogP contribution in [-0.4, -0.2) is 20.4 Å². The fraction of sp³-hybridized carbons (Fsp3) is 0.200. The third-order valence-corrected chi connectivity index (χ3v) is 1.29. The zero-order valence-corrected chi connectivity index (χ0v) is 6.51. The van der Waals surface area contributed by atoms with Crippen LogP contribution in [0.3, 0.4) is 0 Å². The van der Waals surface area contributed by atoms with E-state index in [1.165, 1.54) is 10.9 Å². The topological polar surface area (TPSA) is 116 Å². The van der Waals surface area contributed by atoms with E-state index in [0.29, 0.717) is 0 Å². The van der Waals surface area contributed by atoms with Crippen molar-refractivity contribution in [3.05, 3.63) is 22.6 Å². The van der Waals surface area contributed by atoms with Crippen LogP contribution in [-0.2, 0) is 11.3 Å². The molecule has 70 valence electrons. The van der Waals surface area contributed by atoms with Gasteiger partial charge in [0.25, 0.3) is 5.91 Å². The predicted octanol–water partition coefficient (Wildman–Crippen LogP) is -1.22. The number of imidazole rings is 1. The van der Waals surface area contributed by atoms with Crippen LogP contribution in [0.5, 0.6) is 0 Å². The number of hydrazine groups is 1. The SMILES string of the molecule is NNC(=O)Cn1cnc([N+](=O)[O-])c1. The zero-order valence-electron chi connectivity index (χ0n) is 6.51. The number of nitrogens with zero attached hydrogens (tertiary/aromatic N) is 3. The standard InChI is InChI=1S/C5H7N5O3/c6-8-5(11)2-9-1-4(7-3-9)10(12)13/h1,3H,2,6H2,(H,8,11). The second kappa shape index (κ2) is 3.63. The maximum Gasteiger partial charge on any atom is 0.381 e. The van der Waals surface area contributed by atoms with Crippen LogP contribution < -0.4 is 11.3 Å². The fourth-order valence-electron chi connectivity index (χ4n) is 0.741. The Kier molecular flexibility index (Phi) is 2.55. The highest BCUT2D eigenvalue weighted by atomic mass is 16.6. The maximum absolute atomic E-state index is 10.7. The molecule has 1 amide bonds. The van der Waals surface area contributed by atoms with Crippen molar-refractivity contribution in [1.82, 2.24) is 15.0 Å². The van der Waals surface area contributed by atoms with Gasteiger partial charge in [-0.1, -0.05) is 0 Å². The summed E-state index contributed by atoms with van der Waals surface area (Å²) in [5.74, 6) is 4.07. The van der Waals surface area contributed by atoms with Gasteiger partial charge >= 0.3 is 5.82 Å². The fourth-order valence-corrected chi connectivity index (χ4v) is 0.741. The van der Waals surface area contributed by atoms with Crippen molar-refractivity contribution in [2.45, 2.75) is 6.54 Å². The Balaban J connectivity index is 2.69. The molecule has 0 radical (unpaired) electrons. The van der Waals surface area contributed by atoms with Crippen molar-refractivity contribution in [1.29, 1.82) is 0 Å². The molecule has 0 aliphatic heterocycles. The number of hydrogen-bond acceptors (Lipinski definition) is 5. The average Bonchev–Trinajstić information content (AvgIpc) is 2.52. The predicted molar refractivity (Wildman–Crippen MR) is 41.2 cm³/mol. The smallest absolute Gasteiger partial charge is 0.358 e. The minimum Gasteiger partial charge on any atom is -0.358 e. The first kappa shape index (κ1) is 9.13. The quantitative estimate of drug-likeness (QED) is 0.265. The summed E-state index contributed by atoms with van der Waals surface area (Å²) in [6.07, 6.45) is 2.34. The van der Waals surface area contributed by atoms with Gasteiger partial charge in [-0.05, 0) is 9.91 Å². The van der Waals surface area contributed by atoms with E-state index in [4.69, 9.17) is 5.84 Å². The molecule has 3 N–H and O–H groups in total. The molecule has 1 heterocycles. The highest BCUT2D eigenvalue weighted by Crippen LogP contribution is 2.04. The molecule has 8 heteroatoms. The first-order valence-electron chi connectivity index (χ1n) is 3.29. The number of nitrogens with one attached hydrogen (secondary N) is 1. The lowest BCUT2D eigenvalue weighted by Gasteiger charge is -1.96. The number of aromatic nitrogens is 2. The van der Waals surface area contributed by atoms with Crippen LogP contribution in [0.15, 0.2) is 12.5 Å². The van der Waals surface area contributed by atoms with Crippen molar-refractivity contribution in [3.63, 3.8) is 0 Å². The molecule has 0 atom stereocenters. The van der Waals surface area contributed by atoms with Crippen molar-refractivity contribution in [2.24, 2.45) is 5.84 Å². The van der Waals surface area contributed by atoms with Gasteiger partial charge < -0.3 is 14.7 Å². The van der Waals surface area contributed by atoms with Gasteiger partial charge in [-0.15, -0.1) is 0 Å². The van der Waals surface area contributed by atoms with E-state index in [0.717, 1.165) is 6.20 Å². The molecule has 0 spiro atoms. The summed E-state index contributed by atoms with van der Waals surface area (Å²) in [4.78, 5) is 23.7. The van der Waals surface area contributed by atoms with E-state index in [2.05, 4.69) is 4.98 Å². The second-order valence-electron chi connectivity index (χ2n) is 2.23. The van der Waals surface area contributed by atoms with Gasteiger partial charge in [-0.2, -0.15) is 0 Å². The summed E-state index contributed by atoms with van der Waals surface area (Å²) in [6, 6.07) is 0. The molecule has 0 saturated heterocycles. The van der Waals surface area contributed by atoms with Crippen LogP contribution in [0.1, 0.15) is 0 Å².